The Morgan fingerprint density at radius 2 is 1.81 bits per heavy atom. The summed E-state index contributed by atoms with van der Waals surface area (Å²) in [5, 5.41) is 3.97. The van der Waals surface area contributed by atoms with Gasteiger partial charge < -0.3 is 4.74 Å². The summed E-state index contributed by atoms with van der Waals surface area (Å²) in [6.07, 6.45) is 0.431. The SMILES string of the molecule is COc1ccc(-c2cc(C(=O)N([C@@H]3CCS(=O)(=O)C3)N(C)C)c3ccccc3n2)cc1. The molecule has 1 aliphatic rings. The second kappa shape index (κ2) is 8.28. The van der Waals surface area contributed by atoms with Crippen LogP contribution in [0, 0.1) is 0 Å². The fourth-order valence-corrected chi connectivity index (χ4v) is 5.72. The number of para-hydroxylation sites is 1. The van der Waals surface area contributed by atoms with Crippen LogP contribution < -0.4 is 4.74 Å². The molecule has 1 fully saturated rings. The number of benzene rings is 2. The number of rotatable bonds is 5. The normalized spacial score (nSPS) is 17.7. The molecule has 0 saturated carbocycles. The second-order valence-electron chi connectivity index (χ2n) is 7.85. The Kier molecular flexibility index (Phi) is 5.68. The molecule has 1 aromatic heterocycles. The third-order valence-corrected chi connectivity index (χ3v) is 7.28. The van der Waals surface area contributed by atoms with Gasteiger partial charge in [0.2, 0.25) is 0 Å². The van der Waals surface area contributed by atoms with Crippen molar-refractivity contribution in [2.24, 2.45) is 0 Å². The van der Waals surface area contributed by atoms with Gasteiger partial charge in [0.1, 0.15) is 5.75 Å². The van der Waals surface area contributed by atoms with E-state index in [-0.39, 0.29) is 23.5 Å². The first-order valence-corrected chi connectivity index (χ1v) is 11.9. The largest absolute Gasteiger partial charge is 0.497 e. The molecule has 0 spiro atoms. The van der Waals surface area contributed by atoms with E-state index in [4.69, 9.17) is 9.72 Å². The lowest BCUT2D eigenvalue weighted by Crippen LogP contribution is -2.49. The molecule has 0 bridgehead atoms. The molecule has 31 heavy (non-hydrogen) atoms. The number of hydrogen-bond acceptors (Lipinski definition) is 6. The molecule has 4 rings (SSSR count). The number of carbonyl (C=O) groups is 1. The summed E-state index contributed by atoms with van der Waals surface area (Å²) in [4.78, 5) is 18.5. The lowest BCUT2D eigenvalue weighted by Gasteiger charge is -2.34. The zero-order chi connectivity index (χ0) is 22.2. The highest BCUT2D eigenvalue weighted by molar-refractivity contribution is 7.91. The summed E-state index contributed by atoms with van der Waals surface area (Å²) < 4.78 is 29.3. The van der Waals surface area contributed by atoms with Crippen molar-refractivity contribution in [1.82, 2.24) is 15.0 Å². The molecule has 8 heteroatoms. The number of carbonyl (C=O) groups excluding carboxylic acids is 1. The first-order chi connectivity index (χ1) is 14.8. The van der Waals surface area contributed by atoms with Crippen LogP contribution in [0.3, 0.4) is 0 Å². The lowest BCUT2D eigenvalue weighted by molar-refractivity contribution is 0.00120. The molecule has 162 valence electrons. The average Bonchev–Trinajstić information content (AvgIpc) is 3.11. The van der Waals surface area contributed by atoms with Gasteiger partial charge in [0.25, 0.3) is 5.91 Å². The molecule has 3 aromatic rings. The molecule has 2 heterocycles. The van der Waals surface area contributed by atoms with Crippen molar-refractivity contribution in [1.29, 1.82) is 0 Å². The van der Waals surface area contributed by atoms with E-state index in [1.165, 1.54) is 0 Å². The standard InChI is InChI=1S/C23H25N3O4S/c1-25(2)26(17-12-13-31(28,29)15-17)23(27)20-14-22(16-8-10-18(30-3)11-9-16)24-21-7-5-4-6-19(20)21/h4-11,14,17H,12-13,15H2,1-3H3/t17-/m1/s1. The number of fused-ring (bicyclic) bond motifs is 1. The number of pyridine rings is 1. The van der Waals surface area contributed by atoms with Gasteiger partial charge in [-0.1, -0.05) is 18.2 Å². The Morgan fingerprint density at radius 1 is 1.10 bits per heavy atom. The Labute approximate surface area is 182 Å². The molecule has 1 saturated heterocycles. The van der Waals surface area contributed by atoms with E-state index in [0.29, 0.717) is 23.2 Å². The quantitative estimate of drug-likeness (QED) is 0.569. The van der Waals surface area contributed by atoms with Crippen molar-refractivity contribution in [3.8, 4) is 17.0 Å². The minimum absolute atomic E-state index is 0.0225. The van der Waals surface area contributed by atoms with Gasteiger partial charge in [0.15, 0.2) is 9.84 Å². The minimum Gasteiger partial charge on any atom is -0.497 e. The number of hydrazine groups is 1. The predicted molar refractivity (Wildman–Crippen MR) is 121 cm³/mol. The lowest BCUT2D eigenvalue weighted by atomic mass is 10.0. The maximum absolute atomic E-state index is 13.7. The third-order valence-electron chi connectivity index (χ3n) is 5.53. The molecule has 0 N–H and O–H groups in total. The molecule has 0 aliphatic carbocycles. The Balaban J connectivity index is 1.82. The number of ether oxygens (including phenoxy) is 1. The molecule has 1 aliphatic heterocycles. The Bertz CT molecular complexity index is 1220. The number of aromatic nitrogens is 1. The third kappa shape index (κ3) is 4.26. The highest BCUT2D eigenvalue weighted by Crippen LogP contribution is 2.29. The van der Waals surface area contributed by atoms with Gasteiger partial charge >= 0.3 is 0 Å². The number of amides is 1. The summed E-state index contributed by atoms with van der Waals surface area (Å²) in [6, 6.07) is 16.4. The van der Waals surface area contributed by atoms with Crippen LogP contribution in [-0.2, 0) is 9.84 Å². The van der Waals surface area contributed by atoms with Crippen LogP contribution in [0.1, 0.15) is 16.8 Å². The maximum Gasteiger partial charge on any atom is 0.269 e. The molecule has 0 radical (unpaired) electrons. The summed E-state index contributed by atoms with van der Waals surface area (Å²) >= 11 is 0. The van der Waals surface area contributed by atoms with Crippen LogP contribution in [0.5, 0.6) is 5.75 Å². The fraction of sp³-hybridized carbons (Fsp3) is 0.304. The first-order valence-electron chi connectivity index (χ1n) is 10.0. The number of hydrogen-bond donors (Lipinski definition) is 0. The van der Waals surface area contributed by atoms with Crippen molar-refractivity contribution in [2.75, 3.05) is 32.7 Å². The number of nitrogens with zero attached hydrogens (tertiary/aromatic N) is 3. The molecule has 0 unspecified atom stereocenters. The summed E-state index contributed by atoms with van der Waals surface area (Å²) in [7, 11) is 2.00. The highest BCUT2D eigenvalue weighted by atomic mass is 32.2. The summed E-state index contributed by atoms with van der Waals surface area (Å²) in [5.41, 5.74) is 2.73. The van der Waals surface area contributed by atoms with Crippen molar-refractivity contribution >= 4 is 26.6 Å². The monoisotopic (exact) mass is 439 g/mol. The molecule has 2 aromatic carbocycles. The van der Waals surface area contributed by atoms with E-state index in [1.54, 1.807) is 37.3 Å². The maximum atomic E-state index is 13.7. The topological polar surface area (TPSA) is 79.8 Å². The summed E-state index contributed by atoms with van der Waals surface area (Å²) in [6.45, 7) is 0. The van der Waals surface area contributed by atoms with Crippen LogP contribution >= 0.6 is 0 Å². The van der Waals surface area contributed by atoms with Crippen molar-refractivity contribution in [3.05, 3.63) is 60.2 Å². The first kappa shape index (κ1) is 21.3. The van der Waals surface area contributed by atoms with Gasteiger partial charge in [0.05, 0.1) is 41.4 Å². The molecule has 7 nitrogen and oxygen atoms in total. The van der Waals surface area contributed by atoms with Crippen LogP contribution in [0.4, 0.5) is 0 Å². The Morgan fingerprint density at radius 3 is 2.42 bits per heavy atom. The van der Waals surface area contributed by atoms with Gasteiger partial charge in [-0.05, 0) is 42.8 Å². The van der Waals surface area contributed by atoms with Crippen molar-refractivity contribution in [3.63, 3.8) is 0 Å². The number of methoxy groups -OCH3 is 1. The van der Waals surface area contributed by atoms with Crippen LogP contribution in [0.15, 0.2) is 54.6 Å². The van der Waals surface area contributed by atoms with Gasteiger partial charge in [-0.15, -0.1) is 0 Å². The molecular formula is C23H25N3O4S. The van der Waals surface area contributed by atoms with E-state index in [9.17, 15) is 13.2 Å². The molecular weight excluding hydrogens is 414 g/mol. The second-order valence-corrected chi connectivity index (χ2v) is 10.1. The number of sulfone groups is 1. The van der Waals surface area contributed by atoms with Crippen LogP contribution in [0.2, 0.25) is 0 Å². The zero-order valence-electron chi connectivity index (χ0n) is 17.8. The smallest absolute Gasteiger partial charge is 0.269 e. The zero-order valence-corrected chi connectivity index (χ0v) is 18.6. The average molecular weight is 440 g/mol. The van der Waals surface area contributed by atoms with E-state index in [1.807, 2.05) is 48.5 Å². The van der Waals surface area contributed by atoms with Gasteiger partial charge in [-0.2, -0.15) is 0 Å². The van der Waals surface area contributed by atoms with E-state index >= 15 is 0 Å². The van der Waals surface area contributed by atoms with Crippen LogP contribution in [0.25, 0.3) is 22.2 Å². The van der Waals surface area contributed by atoms with E-state index < -0.39 is 9.84 Å². The highest BCUT2D eigenvalue weighted by Gasteiger charge is 2.37. The van der Waals surface area contributed by atoms with Gasteiger partial charge in [0, 0.05) is 25.0 Å². The van der Waals surface area contributed by atoms with Gasteiger partial charge in [-0.3, -0.25) is 9.80 Å². The van der Waals surface area contributed by atoms with Crippen molar-refractivity contribution in [2.45, 2.75) is 12.5 Å². The minimum atomic E-state index is -3.13. The molecule has 1 atom stereocenters. The predicted octanol–water partition coefficient (Wildman–Crippen LogP) is 3.02. The fourth-order valence-electron chi connectivity index (χ4n) is 4.03. The Hall–Kier alpha value is -2.97. The summed E-state index contributed by atoms with van der Waals surface area (Å²) in [5.74, 6) is 0.580. The van der Waals surface area contributed by atoms with Gasteiger partial charge in [-0.25, -0.2) is 18.4 Å². The van der Waals surface area contributed by atoms with E-state index in [2.05, 4.69) is 0 Å². The van der Waals surface area contributed by atoms with E-state index in [0.717, 1.165) is 16.7 Å². The van der Waals surface area contributed by atoms with Crippen LogP contribution in [-0.4, -0.2) is 68.1 Å². The molecule has 1 amide bonds. The van der Waals surface area contributed by atoms with Crippen molar-refractivity contribution < 1.29 is 17.9 Å².